The number of amides is 1. The van der Waals surface area contributed by atoms with Crippen LogP contribution >= 0.6 is 11.5 Å². The Bertz CT molecular complexity index is 681. The normalized spacial score (nSPS) is 15.9. The predicted molar refractivity (Wildman–Crippen MR) is 89.9 cm³/mol. The quantitative estimate of drug-likeness (QED) is 0.853. The highest BCUT2D eigenvalue weighted by Gasteiger charge is 2.28. The van der Waals surface area contributed by atoms with Crippen LogP contribution in [0.15, 0.2) is 6.07 Å². The number of nitrogens with zero attached hydrogens (tertiary/aromatic N) is 6. The van der Waals surface area contributed by atoms with E-state index in [-0.39, 0.29) is 11.9 Å². The van der Waals surface area contributed by atoms with Gasteiger partial charge in [0.25, 0.3) is 5.91 Å². The lowest BCUT2D eigenvalue weighted by Crippen LogP contribution is -2.45. The number of hydrogen-bond donors (Lipinski definition) is 0. The third-order valence-corrected chi connectivity index (χ3v) is 5.32. The summed E-state index contributed by atoms with van der Waals surface area (Å²) in [5.74, 6) is 0.823. The molecule has 3 rings (SSSR count). The smallest absolute Gasteiger partial charge is 0.274 e. The Labute approximate surface area is 140 Å². The van der Waals surface area contributed by atoms with Crippen molar-refractivity contribution >= 4 is 22.6 Å². The van der Waals surface area contributed by atoms with Gasteiger partial charge in [0.05, 0.1) is 0 Å². The molecule has 7 nitrogen and oxygen atoms in total. The van der Waals surface area contributed by atoms with Gasteiger partial charge in [0.1, 0.15) is 5.82 Å². The molecule has 0 bridgehead atoms. The monoisotopic (exact) mass is 334 g/mol. The van der Waals surface area contributed by atoms with Gasteiger partial charge in [-0.2, -0.15) is 9.47 Å². The largest absolute Gasteiger partial charge is 0.347 e. The summed E-state index contributed by atoms with van der Waals surface area (Å²) >= 11 is 1.44. The number of hydrogen-bond acceptors (Lipinski definition) is 6. The summed E-state index contributed by atoms with van der Waals surface area (Å²) in [7, 11) is 3.73. The zero-order valence-electron chi connectivity index (χ0n) is 14.0. The molecule has 2 aromatic rings. The molecule has 1 saturated heterocycles. The molecule has 2 aromatic heterocycles. The lowest BCUT2D eigenvalue weighted by Gasteiger charge is -2.36. The number of carbonyl (C=O) groups is 1. The standard InChI is InChI=1S/C15H22N6OS/c1-10-9-13(17-20(10)4)14(22)19(3)12-5-7-21(8-6-12)15-16-11(2)18-23-15/h9,12H,5-8H2,1-4H3. The van der Waals surface area contributed by atoms with Crippen LogP contribution in [0.2, 0.25) is 0 Å². The Hall–Kier alpha value is -1.96. The van der Waals surface area contributed by atoms with E-state index in [2.05, 4.69) is 19.4 Å². The molecule has 1 aliphatic heterocycles. The number of carbonyl (C=O) groups excluding carboxylic acids is 1. The molecule has 1 aliphatic rings. The van der Waals surface area contributed by atoms with Crippen molar-refractivity contribution in [1.82, 2.24) is 24.0 Å². The van der Waals surface area contributed by atoms with Gasteiger partial charge < -0.3 is 9.80 Å². The van der Waals surface area contributed by atoms with E-state index in [4.69, 9.17) is 0 Å². The van der Waals surface area contributed by atoms with E-state index in [1.54, 1.807) is 4.68 Å². The summed E-state index contributed by atoms with van der Waals surface area (Å²) in [6.45, 7) is 5.66. The highest BCUT2D eigenvalue weighted by molar-refractivity contribution is 7.09. The molecule has 0 atom stereocenters. The fraction of sp³-hybridized carbons (Fsp3) is 0.600. The minimum Gasteiger partial charge on any atom is -0.347 e. The molecule has 0 N–H and O–H groups in total. The molecule has 8 heteroatoms. The fourth-order valence-electron chi connectivity index (χ4n) is 2.87. The maximum absolute atomic E-state index is 12.6. The summed E-state index contributed by atoms with van der Waals surface area (Å²) < 4.78 is 5.98. The second-order valence-corrected chi connectivity index (χ2v) is 6.78. The second-order valence-electron chi connectivity index (χ2n) is 6.05. The lowest BCUT2D eigenvalue weighted by molar-refractivity contribution is 0.0702. The Kier molecular flexibility index (Phi) is 4.34. The predicted octanol–water partition coefficient (Wildman–Crippen LogP) is 1.63. The third-order valence-electron chi connectivity index (χ3n) is 4.45. The molecule has 0 aliphatic carbocycles. The molecule has 1 amide bonds. The first kappa shape index (κ1) is 15.9. The number of rotatable bonds is 3. The first-order chi connectivity index (χ1) is 11.0. The highest BCUT2D eigenvalue weighted by Crippen LogP contribution is 2.24. The molecular weight excluding hydrogens is 312 g/mol. The summed E-state index contributed by atoms with van der Waals surface area (Å²) in [4.78, 5) is 21.1. The Balaban J connectivity index is 1.61. The summed E-state index contributed by atoms with van der Waals surface area (Å²) in [5, 5.41) is 5.27. The van der Waals surface area contributed by atoms with Gasteiger partial charge in [0.2, 0.25) is 5.13 Å². The molecule has 124 valence electrons. The van der Waals surface area contributed by atoms with E-state index in [0.29, 0.717) is 5.69 Å². The van der Waals surface area contributed by atoms with Crippen LogP contribution in [0.4, 0.5) is 5.13 Å². The van der Waals surface area contributed by atoms with E-state index in [1.807, 2.05) is 38.9 Å². The van der Waals surface area contributed by atoms with Crippen molar-refractivity contribution in [2.24, 2.45) is 7.05 Å². The average Bonchev–Trinajstić information content (AvgIpc) is 3.12. The molecule has 1 fully saturated rings. The number of aromatic nitrogens is 4. The van der Waals surface area contributed by atoms with Crippen LogP contribution in [-0.2, 0) is 7.05 Å². The number of anilines is 1. The van der Waals surface area contributed by atoms with Crippen molar-refractivity contribution in [2.45, 2.75) is 32.7 Å². The van der Waals surface area contributed by atoms with Gasteiger partial charge in [-0.05, 0) is 32.8 Å². The zero-order chi connectivity index (χ0) is 16.6. The molecule has 0 unspecified atom stereocenters. The van der Waals surface area contributed by atoms with Crippen LogP contribution in [0.25, 0.3) is 0 Å². The number of aryl methyl sites for hydroxylation is 3. The van der Waals surface area contributed by atoms with Crippen molar-refractivity contribution in [3.05, 3.63) is 23.3 Å². The van der Waals surface area contributed by atoms with Crippen LogP contribution < -0.4 is 4.90 Å². The fourth-order valence-corrected chi connectivity index (χ4v) is 3.60. The molecule has 3 heterocycles. The molecule has 0 radical (unpaired) electrons. The van der Waals surface area contributed by atoms with Crippen LogP contribution in [0, 0.1) is 13.8 Å². The lowest BCUT2D eigenvalue weighted by atomic mass is 10.0. The summed E-state index contributed by atoms with van der Waals surface area (Å²) in [5.41, 5.74) is 1.51. The topological polar surface area (TPSA) is 67.2 Å². The van der Waals surface area contributed by atoms with Gasteiger partial charge in [-0.25, -0.2) is 4.98 Å². The summed E-state index contributed by atoms with van der Waals surface area (Å²) in [6, 6.07) is 2.09. The van der Waals surface area contributed by atoms with E-state index in [9.17, 15) is 4.79 Å². The first-order valence-corrected chi connectivity index (χ1v) is 8.56. The highest BCUT2D eigenvalue weighted by atomic mass is 32.1. The Morgan fingerprint density at radius 2 is 2.04 bits per heavy atom. The number of piperidine rings is 1. The van der Waals surface area contributed by atoms with Crippen molar-refractivity contribution in [3.63, 3.8) is 0 Å². The maximum atomic E-state index is 12.6. The third kappa shape index (κ3) is 3.21. The minimum absolute atomic E-state index is 0.00101. The SMILES string of the molecule is Cc1nsc(N2CCC(N(C)C(=O)c3cc(C)n(C)n3)CC2)n1. The van der Waals surface area contributed by atoms with E-state index in [1.165, 1.54) is 11.5 Å². The molecule has 0 spiro atoms. The van der Waals surface area contributed by atoms with E-state index >= 15 is 0 Å². The van der Waals surface area contributed by atoms with Crippen molar-refractivity contribution in [3.8, 4) is 0 Å². The van der Waals surface area contributed by atoms with Crippen molar-refractivity contribution in [1.29, 1.82) is 0 Å². The molecule has 0 saturated carbocycles. The Morgan fingerprint density at radius 1 is 1.35 bits per heavy atom. The van der Waals surface area contributed by atoms with E-state index < -0.39 is 0 Å². The van der Waals surface area contributed by atoms with Crippen LogP contribution in [0.3, 0.4) is 0 Å². The van der Waals surface area contributed by atoms with Crippen molar-refractivity contribution in [2.75, 3.05) is 25.0 Å². The van der Waals surface area contributed by atoms with Gasteiger partial charge in [0, 0.05) is 50.5 Å². The van der Waals surface area contributed by atoms with E-state index in [0.717, 1.165) is 42.6 Å². The zero-order valence-corrected chi connectivity index (χ0v) is 14.8. The van der Waals surface area contributed by atoms with Crippen LogP contribution in [-0.4, -0.2) is 56.1 Å². The van der Waals surface area contributed by atoms with Gasteiger partial charge in [0.15, 0.2) is 5.69 Å². The maximum Gasteiger partial charge on any atom is 0.274 e. The van der Waals surface area contributed by atoms with Gasteiger partial charge >= 0.3 is 0 Å². The summed E-state index contributed by atoms with van der Waals surface area (Å²) in [6.07, 6.45) is 1.87. The second kappa shape index (κ2) is 6.27. The first-order valence-electron chi connectivity index (χ1n) is 7.78. The van der Waals surface area contributed by atoms with Gasteiger partial charge in [-0.15, -0.1) is 0 Å². The van der Waals surface area contributed by atoms with Crippen molar-refractivity contribution < 1.29 is 4.79 Å². The van der Waals surface area contributed by atoms with Crippen LogP contribution in [0.5, 0.6) is 0 Å². The van der Waals surface area contributed by atoms with Gasteiger partial charge in [-0.1, -0.05) is 0 Å². The Morgan fingerprint density at radius 3 is 2.57 bits per heavy atom. The van der Waals surface area contributed by atoms with Crippen LogP contribution in [0.1, 0.15) is 34.8 Å². The molecule has 23 heavy (non-hydrogen) atoms. The van der Waals surface area contributed by atoms with Gasteiger partial charge in [-0.3, -0.25) is 9.48 Å². The molecule has 0 aromatic carbocycles. The minimum atomic E-state index is -0.00101. The molecular formula is C15H22N6OS. The average molecular weight is 334 g/mol.